The maximum atomic E-state index is 6.08. The highest BCUT2D eigenvalue weighted by Crippen LogP contribution is 2.23. The SMILES string of the molecule is CCCCc1cccc(C(C)N)c1CCCC. The molecule has 0 spiro atoms. The van der Waals surface area contributed by atoms with Crippen LogP contribution in [-0.2, 0) is 12.8 Å². The summed E-state index contributed by atoms with van der Waals surface area (Å²) >= 11 is 0. The van der Waals surface area contributed by atoms with Crippen molar-refractivity contribution < 1.29 is 0 Å². The molecule has 0 amide bonds. The van der Waals surface area contributed by atoms with E-state index in [0.29, 0.717) is 0 Å². The van der Waals surface area contributed by atoms with Crippen molar-refractivity contribution in [3.63, 3.8) is 0 Å². The molecule has 1 rings (SSSR count). The lowest BCUT2D eigenvalue weighted by atomic mass is 9.91. The predicted molar refractivity (Wildman–Crippen MR) is 76.3 cm³/mol. The zero-order valence-corrected chi connectivity index (χ0v) is 11.6. The van der Waals surface area contributed by atoms with Crippen LogP contribution in [0.25, 0.3) is 0 Å². The first kappa shape index (κ1) is 14.2. The normalized spacial score (nSPS) is 12.7. The van der Waals surface area contributed by atoms with Crippen molar-refractivity contribution in [2.45, 2.75) is 65.3 Å². The number of hydrogen-bond donors (Lipinski definition) is 1. The van der Waals surface area contributed by atoms with E-state index in [9.17, 15) is 0 Å². The third-order valence-corrected chi connectivity index (χ3v) is 3.38. The van der Waals surface area contributed by atoms with Gasteiger partial charge in [-0.2, -0.15) is 0 Å². The van der Waals surface area contributed by atoms with E-state index in [2.05, 4.69) is 39.0 Å². The van der Waals surface area contributed by atoms with Crippen LogP contribution in [-0.4, -0.2) is 0 Å². The highest BCUT2D eigenvalue weighted by atomic mass is 14.6. The second kappa shape index (κ2) is 7.50. The summed E-state index contributed by atoms with van der Waals surface area (Å²) in [5.74, 6) is 0. The van der Waals surface area contributed by atoms with Gasteiger partial charge in [-0.25, -0.2) is 0 Å². The van der Waals surface area contributed by atoms with Gasteiger partial charge in [-0.3, -0.25) is 0 Å². The molecule has 1 unspecified atom stereocenters. The van der Waals surface area contributed by atoms with Crippen LogP contribution in [0.3, 0.4) is 0 Å². The quantitative estimate of drug-likeness (QED) is 0.742. The first-order valence-electron chi connectivity index (χ1n) is 7.06. The summed E-state index contributed by atoms with van der Waals surface area (Å²) in [6, 6.07) is 6.81. The van der Waals surface area contributed by atoms with Crippen LogP contribution in [0, 0.1) is 0 Å². The van der Waals surface area contributed by atoms with Crippen molar-refractivity contribution in [1.82, 2.24) is 0 Å². The molecule has 96 valence electrons. The van der Waals surface area contributed by atoms with Crippen molar-refractivity contribution in [3.8, 4) is 0 Å². The summed E-state index contributed by atoms with van der Waals surface area (Å²) in [6.07, 6.45) is 7.45. The average molecular weight is 233 g/mol. The second-order valence-corrected chi connectivity index (χ2v) is 4.98. The number of rotatable bonds is 7. The first-order valence-corrected chi connectivity index (χ1v) is 7.06. The summed E-state index contributed by atoms with van der Waals surface area (Å²) in [5.41, 5.74) is 10.5. The molecule has 0 aromatic heterocycles. The average Bonchev–Trinajstić information content (AvgIpc) is 2.33. The fourth-order valence-electron chi connectivity index (χ4n) is 2.34. The fraction of sp³-hybridized carbons (Fsp3) is 0.625. The molecule has 0 aliphatic rings. The molecule has 1 atom stereocenters. The van der Waals surface area contributed by atoms with Gasteiger partial charge >= 0.3 is 0 Å². The van der Waals surface area contributed by atoms with Crippen molar-refractivity contribution in [3.05, 3.63) is 34.9 Å². The van der Waals surface area contributed by atoms with Gasteiger partial charge in [-0.1, -0.05) is 44.9 Å². The lowest BCUT2D eigenvalue weighted by Gasteiger charge is -2.17. The molecule has 1 heteroatoms. The monoisotopic (exact) mass is 233 g/mol. The zero-order chi connectivity index (χ0) is 12.7. The Morgan fingerprint density at radius 1 is 1.06 bits per heavy atom. The topological polar surface area (TPSA) is 26.0 Å². The molecule has 0 aliphatic carbocycles. The van der Waals surface area contributed by atoms with E-state index in [1.54, 1.807) is 0 Å². The summed E-state index contributed by atoms with van der Waals surface area (Å²) in [4.78, 5) is 0. The number of aryl methyl sites for hydroxylation is 1. The number of unbranched alkanes of at least 4 members (excludes halogenated alkanes) is 2. The minimum absolute atomic E-state index is 0.156. The van der Waals surface area contributed by atoms with Crippen LogP contribution in [0.4, 0.5) is 0 Å². The van der Waals surface area contributed by atoms with Crippen molar-refractivity contribution in [1.29, 1.82) is 0 Å². The Kier molecular flexibility index (Phi) is 6.28. The molecule has 0 saturated carbocycles. The van der Waals surface area contributed by atoms with E-state index in [1.807, 2.05) is 0 Å². The Hall–Kier alpha value is -0.820. The Morgan fingerprint density at radius 3 is 2.29 bits per heavy atom. The smallest absolute Gasteiger partial charge is 0.0268 e. The lowest BCUT2D eigenvalue weighted by molar-refractivity contribution is 0.729. The molecule has 17 heavy (non-hydrogen) atoms. The molecule has 0 aliphatic heterocycles. The summed E-state index contributed by atoms with van der Waals surface area (Å²) < 4.78 is 0. The first-order chi connectivity index (χ1) is 8.20. The van der Waals surface area contributed by atoms with Crippen LogP contribution in [0.2, 0.25) is 0 Å². The van der Waals surface area contributed by atoms with Crippen LogP contribution >= 0.6 is 0 Å². The summed E-state index contributed by atoms with van der Waals surface area (Å²) in [5, 5.41) is 0. The van der Waals surface area contributed by atoms with Gasteiger partial charge in [0.2, 0.25) is 0 Å². The number of hydrogen-bond acceptors (Lipinski definition) is 1. The lowest BCUT2D eigenvalue weighted by Crippen LogP contribution is -2.10. The molecule has 1 aromatic rings. The molecule has 0 bridgehead atoms. The molecule has 0 saturated heterocycles. The Balaban J connectivity index is 2.96. The number of benzene rings is 1. The Bertz CT molecular complexity index is 328. The van der Waals surface area contributed by atoms with E-state index in [0.717, 1.165) is 0 Å². The van der Waals surface area contributed by atoms with E-state index in [4.69, 9.17) is 5.73 Å². The van der Waals surface area contributed by atoms with Crippen LogP contribution in [0.1, 0.15) is 69.2 Å². The summed E-state index contributed by atoms with van der Waals surface area (Å²) in [6.45, 7) is 6.59. The molecular formula is C16H27N. The van der Waals surface area contributed by atoms with Gasteiger partial charge in [0.1, 0.15) is 0 Å². The standard InChI is InChI=1S/C16H27N/c1-4-6-9-14-10-8-12-15(13(3)17)16(14)11-7-5-2/h8,10,12-13H,4-7,9,11,17H2,1-3H3. The highest BCUT2D eigenvalue weighted by Gasteiger charge is 2.10. The van der Waals surface area contributed by atoms with Crippen molar-refractivity contribution in [2.24, 2.45) is 5.73 Å². The molecule has 0 heterocycles. The van der Waals surface area contributed by atoms with Crippen LogP contribution in [0.15, 0.2) is 18.2 Å². The van der Waals surface area contributed by atoms with Crippen LogP contribution < -0.4 is 5.73 Å². The molecule has 0 radical (unpaired) electrons. The van der Waals surface area contributed by atoms with Gasteiger partial charge in [-0.15, -0.1) is 0 Å². The predicted octanol–water partition coefficient (Wildman–Crippen LogP) is 4.39. The van der Waals surface area contributed by atoms with Gasteiger partial charge in [0.05, 0.1) is 0 Å². The minimum atomic E-state index is 0.156. The minimum Gasteiger partial charge on any atom is -0.324 e. The Labute approximate surface area is 106 Å². The number of nitrogens with two attached hydrogens (primary N) is 1. The Morgan fingerprint density at radius 2 is 1.71 bits per heavy atom. The third-order valence-electron chi connectivity index (χ3n) is 3.38. The molecular weight excluding hydrogens is 206 g/mol. The van der Waals surface area contributed by atoms with Gasteiger partial charge in [-0.05, 0) is 49.3 Å². The van der Waals surface area contributed by atoms with E-state index in [-0.39, 0.29) is 6.04 Å². The van der Waals surface area contributed by atoms with E-state index in [1.165, 1.54) is 55.2 Å². The van der Waals surface area contributed by atoms with Crippen molar-refractivity contribution >= 4 is 0 Å². The maximum absolute atomic E-state index is 6.08. The van der Waals surface area contributed by atoms with Crippen molar-refractivity contribution in [2.75, 3.05) is 0 Å². The van der Waals surface area contributed by atoms with Gasteiger partial charge in [0.15, 0.2) is 0 Å². The van der Waals surface area contributed by atoms with Gasteiger partial charge in [0, 0.05) is 6.04 Å². The second-order valence-electron chi connectivity index (χ2n) is 4.98. The maximum Gasteiger partial charge on any atom is 0.0268 e. The molecule has 1 aromatic carbocycles. The summed E-state index contributed by atoms with van der Waals surface area (Å²) in [7, 11) is 0. The van der Waals surface area contributed by atoms with Crippen LogP contribution in [0.5, 0.6) is 0 Å². The highest BCUT2D eigenvalue weighted by molar-refractivity contribution is 5.37. The third kappa shape index (κ3) is 4.16. The fourth-order valence-corrected chi connectivity index (χ4v) is 2.34. The largest absolute Gasteiger partial charge is 0.324 e. The van der Waals surface area contributed by atoms with Gasteiger partial charge in [0.25, 0.3) is 0 Å². The van der Waals surface area contributed by atoms with E-state index >= 15 is 0 Å². The zero-order valence-electron chi connectivity index (χ0n) is 11.6. The molecule has 2 N–H and O–H groups in total. The molecule has 0 fully saturated rings. The van der Waals surface area contributed by atoms with Gasteiger partial charge < -0.3 is 5.73 Å². The molecule has 1 nitrogen and oxygen atoms in total. The van der Waals surface area contributed by atoms with E-state index < -0.39 is 0 Å².